The first-order valence-corrected chi connectivity index (χ1v) is 9.48. The van der Waals surface area contributed by atoms with Crippen LogP contribution in [0.15, 0.2) is 39.3 Å². The highest BCUT2D eigenvalue weighted by Crippen LogP contribution is 2.34. The lowest BCUT2D eigenvalue weighted by atomic mass is 10.1. The maximum atomic E-state index is 12.9. The molecule has 0 fully saturated rings. The summed E-state index contributed by atoms with van der Waals surface area (Å²) in [6.45, 7) is 5.80. The summed E-state index contributed by atoms with van der Waals surface area (Å²) < 4.78 is 6.85. The van der Waals surface area contributed by atoms with Crippen LogP contribution in [0.3, 0.4) is 0 Å². The van der Waals surface area contributed by atoms with Gasteiger partial charge in [-0.15, -0.1) is 0 Å². The second-order valence-electron chi connectivity index (χ2n) is 5.37. The molecule has 0 aromatic heterocycles. The number of amides is 1. The molecule has 0 unspecified atom stereocenters. The summed E-state index contributed by atoms with van der Waals surface area (Å²) in [6, 6.07) is 9.08. The lowest BCUT2D eigenvalue weighted by molar-refractivity contribution is 0.102. The molecule has 134 valence electrons. The van der Waals surface area contributed by atoms with Gasteiger partial charge in [0.05, 0.1) is 28.5 Å². The second kappa shape index (κ2) is 8.58. The highest BCUT2D eigenvalue weighted by Gasteiger charge is 2.19. The first-order chi connectivity index (χ1) is 11.9. The molecule has 0 saturated heterocycles. The molecule has 7 heteroatoms. The summed E-state index contributed by atoms with van der Waals surface area (Å²) in [5.41, 5.74) is 8.54. The average Bonchev–Trinajstić information content (AvgIpc) is 2.57. The molecule has 2 aromatic rings. The fourth-order valence-corrected chi connectivity index (χ4v) is 4.01. The third-order valence-electron chi connectivity index (χ3n) is 3.83. The minimum atomic E-state index is -0.266. The summed E-state index contributed by atoms with van der Waals surface area (Å²) in [7, 11) is 1.53. The Bertz CT molecular complexity index is 777. The summed E-state index contributed by atoms with van der Waals surface area (Å²) >= 11 is 6.83. The number of nitrogens with one attached hydrogen (secondary N) is 1. The normalized spacial score (nSPS) is 10.4. The minimum absolute atomic E-state index is 0.266. The van der Waals surface area contributed by atoms with E-state index < -0.39 is 0 Å². The third kappa shape index (κ3) is 4.46. The van der Waals surface area contributed by atoms with E-state index in [1.165, 1.54) is 7.11 Å². The Morgan fingerprint density at radius 1 is 1.20 bits per heavy atom. The average molecular weight is 471 g/mol. The van der Waals surface area contributed by atoms with Crippen LogP contribution in [0.5, 0.6) is 5.75 Å². The predicted octanol–water partition coefficient (Wildman–Crippen LogP) is 4.90. The van der Waals surface area contributed by atoms with Gasteiger partial charge in [-0.3, -0.25) is 4.79 Å². The van der Waals surface area contributed by atoms with Gasteiger partial charge in [-0.1, -0.05) is 15.9 Å². The van der Waals surface area contributed by atoms with Crippen LogP contribution in [0.2, 0.25) is 0 Å². The smallest absolute Gasteiger partial charge is 0.259 e. The first kappa shape index (κ1) is 19.6. The molecule has 0 spiro atoms. The van der Waals surface area contributed by atoms with Crippen LogP contribution in [0.4, 0.5) is 17.1 Å². The number of nitrogens with two attached hydrogens (primary N) is 1. The number of benzene rings is 2. The van der Waals surface area contributed by atoms with E-state index >= 15 is 0 Å². The van der Waals surface area contributed by atoms with E-state index in [0.717, 1.165) is 23.2 Å². The zero-order chi connectivity index (χ0) is 18.6. The zero-order valence-corrected chi connectivity index (χ0v) is 17.6. The molecule has 0 aliphatic heterocycles. The van der Waals surface area contributed by atoms with Crippen molar-refractivity contribution >= 4 is 54.8 Å². The molecule has 0 bridgehead atoms. The van der Waals surface area contributed by atoms with Crippen molar-refractivity contribution in [2.24, 2.45) is 0 Å². The maximum Gasteiger partial charge on any atom is 0.259 e. The van der Waals surface area contributed by atoms with Crippen molar-refractivity contribution in [2.45, 2.75) is 13.8 Å². The monoisotopic (exact) mass is 469 g/mol. The minimum Gasteiger partial charge on any atom is -0.495 e. The highest BCUT2D eigenvalue weighted by molar-refractivity contribution is 9.11. The van der Waals surface area contributed by atoms with Gasteiger partial charge < -0.3 is 20.7 Å². The summed E-state index contributed by atoms with van der Waals surface area (Å²) in [5.74, 6) is 0.215. The van der Waals surface area contributed by atoms with Crippen molar-refractivity contribution < 1.29 is 9.53 Å². The van der Waals surface area contributed by atoms with Gasteiger partial charge >= 0.3 is 0 Å². The number of rotatable bonds is 6. The van der Waals surface area contributed by atoms with E-state index in [1.54, 1.807) is 12.1 Å². The topological polar surface area (TPSA) is 67.6 Å². The quantitative estimate of drug-likeness (QED) is 0.589. The van der Waals surface area contributed by atoms with Crippen LogP contribution in [0, 0.1) is 0 Å². The molecule has 2 rings (SSSR count). The van der Waals surface area contributed by atoms with Crippen molar-refractivity contribution in [3.05, 3.63) is 44.8 Å². The molecular weight excluding hydrogens is 450 g/mol. The van der Waals surface area contributed by atoms with E-state index in [0.29, 0.717) is 27.2 Å². The van der Waals surface area contributed by atoms with Crippen molar-refractivity contribution in [1.29, 1.82) is 0 Å². The Balaban J connectivity index is 2.43. The molecule has 5 nitrogen and oxygen atoms in total. The van der Waals surface area contributed by atoms with Gasteiger partial charge in [0.25, 0.3) is 5.91 Å². The number of hydrogen-bond acceptors (Lipinski definition) is 4. The second-order valence-corrected chi connectivity index (χ2v) is 7.14. The van der Waals surface area contributed by atoms with Gasteiger partial charge in [0.2, 0.25) is 0 Å². The summed E-state index contributed by atoms with van der Waals surface area (Å²) in [5, 5.41) is 2.96. The number of methoxy groups -OCH3 is 1. The maximum absolute atomic E-state index is 12.9. The fraction of sp³-hybridized carbons (Fsp3) is 0.278. The van der Waals surface area contributed by atoms with Crippen LogP contribution in [0.25, 0.3) is 0 Å². The fourth-order valence-electron chi connectivity index (χ4n) is 2.62. The number of halogens is 2. The molecule has 0 radical (unpaired) electrons. The van der Waals surface area contributed by atoms with E-state index in [4.69, 9.17) is 10.5 Å². The van der Waals surface area contributed by atoms with Gasteiger partial charge in [-0.2, -0.15) is 0 Å². The van der Waals surface area contributed by atoms with Crippen LogP contribution < -0.4 is 20.7 Å². The van der Waals surface area contributed by atoms with E-state index in [2.05, 4.69) is 55.9 Å². The largest absolute Gasteiger partial charge is 0.495 e. The Kier molecular flexibility index (Phi) is 6.72. The van der Waals surface area contributed by atoms with Crippen LogP contribution in [-0.2, 0) is 0 Å². The van der Waals surface area contributed by atoms with Crippen molar-refractivity contribution in [1.82, 2.24) is 0 Å². The molecule has 25 heavy (non-hydrogen) atoms. The lowest BCUT2D eigenvalue weighted by Gasteiger charge is -2.24. The van der Waals surface area contributed by atoms with Gasteiger partial charge in [-0.25, -0.2) is 0 Å². The molecule has 1 amide bonds. The highest BCUT2D eigenvalue weighted by atomic mass is 79.9. The number of hydrogen-bond donors (Lipinski definition) is 2. The molecule has 3 N–H and O–H groups in total. The standard InChI is InChI=1S/C18H21Br2N3O2/c1-4-23(5-2)16-7-6-12(21)10-15(16)22-18(24)13-8-11(19)9-14(20)17(13)25-3/h6-10H,4-5,21H2,1-3H3,(H,22,24). The summed E-state index contributed by atoms with van der Waals surface area (Å²) in [4.78, 5) is 15.0. The number of nitrogens with zero attached hydrogens (tertiary/aromatic N) is 1. The number of anilines is 3. The molecule has 0 atom stereocenters. The van der Waals surface area contributed by atoms with E-state index in [-0.39, 0.29) is 5.91 Å². The molecule has 2 aromatic carbocycles. The molecule has 0 heterocycles. The van der Waals surface area contributed by atoms with Gasteiger partial charge in [0.1, 0.15) is 5.75 Å². The van der Waals surface area contributed by atoms with Crippen molar-refractivity contribution in [3.8, 4) is 5.75 Å². The lowest BCUT2D eigenvalue weighted by Crippen LogP contribution is -2.24. The van der Waals surface area contributed by atoms with Gasteiger partial charge in [0.15, 0.2) is 0 Å². The predicted molar refractivity (Wildman–Crippen MR) is 111 cm³/mol. The number of nitrogen functional groups attached to an aromatic ring is 1. The Morgan fingerprint density at radius 2 is 1.88 bits per heavy atom. The molecule has 0 aliphatic rings. The zero-order valence-electron chi connectivity index (χ0n) is 14.4. The Morgan fingerprint density at radius 3 is 2.48 bits per heavy atom. The SMILES string of the molecule is CCN(CC)c1ccc(N)cc1NC(=O)c1cc(Br)cc(Br)c1OC. The van der Waals surface area contributed by atoms with E-state index in [1.807, 2.05) is 18.2 Å². The third-order valence-corrected chi connectivity index (χ3v) is 4.88. The number of carbonyl (C=O) groups is 1. The van der Waals surface area contributed by atoms with Crippen LogP contribution in [-0.4, -0.2) is 26.1 Å². The molecule has 0 saturated carbocycles. The first-order valence-electron chi connectivity index (χ1n) is 7.90. The number of carbonyl (C=O) groups excluding carboxylic acids is 1. The van der Waals surface area contributed by atoms with Crippen molar-refractivity contribution in [3.63, 3.8) is 0 Å². The van der Waals surface area contributed by atoms with Gasteiger partial charge in [0, 0.05) is 23.2 Å². The summed E-state index contributed by atoms with van der Waals surface area (Å²) in [6.07, 6.45) is 0. The molecule has 0 aliphatic carbocycles. The molecular formula is C18H21Br2N3O2. The van der Waals surface area contributed by atoms with Crippen LogP contribution in [0.1, 0.15) is 24.2 Å². The van der Waals surface area contributed by atoms with Crippen LogP contribution >= 0.6 is 31.9 Å². The Labute approximate surface area is 164 Å². The van der Waals surface area contributed by atoms with Crippen molar-refractivity contribution in [2.75, 3.05) is 36.1 Å². The van der Waals surface area contributed by atoms with E-state index in [9.17, 15) is 4.79 Å². The number of ether oxygens (including phenoxy) is 1. The van der Waals surface area contributed by atoms with Gasteiger partial charge in [-0.05, 0) is 60.1 Å². The Hall–Kier alpha value is -1.73.